The zero-order chi connectivity index (χ0) is 12.8. The number of amides is 2. The molecule has 1 rings (SSSR count). The number of urea groups is 1. The molecule has 98 valence electrons. The van der Waals surface area contributed by atoms with E-state index in [2.05, 4.69) is 12.2 Å². The maximum absolute atomic E-state index is 11.7. The second-order valence-corrected chi connectivity index (χ2v) is 4.79. The number of aliphatic carboxylic acids is 1. The highest BCUT2D eigenvalue weighted by molar-refractivity contribution is 5.79. The highest BCUT2D eigenvalue weighted by Crippen LogP contribution is 2.15. The lowest BCUT2D eigenvalue weighted by Gasteiger charge is -2.37. The summed E-state index contributed by atoms with van der Waals surface area (Å²) in [6.07, 6.45) is 4.46. The fourth-order valence-corrected chi connectivity index (χ4v) is 1.88. The van der Waals surface area contributed by atoms with E-state index >= 15 is 0 Å². The average molecular weight is 242 g/mol. The molecule has 1 fully saturated rings. The van der Waals surface area contributed by atoms with Crippen LogP contribution in [0.15, 0.2) is 0 Å². The molecule has 1 heterocycles. The Morgan fingerprint density at radius 3 is 2.59 bits per heavy atom. The lowest BCUT2D eigenvalue weighted by Crippen LogP contribution is -2.57. The standard InChI is InChI=1S/C12H22N2O3/c1-3-4-5-6-9(2)13-12(17)14-7-10(8-14)11(15)16/h9-10H,3-8H2,1-2H3,(H,13,17)(H,15,16). The molecule has 5 nitrogen and oxygen atoms in total. The summed E-state index contributed by atoms with van der Waals surface area (Å²) >= 11 is 0. The summed E-state index contributed by atoms with van der Waals surface area (Å²) in [6, 6.07) is 0.0319. The van der Waals surface area contributed by atoms with Gasteiger partial charge in [-0.25, -0.2) is 4.79 Å². The van der Waals surface area contributed by atoms with Crippen LogP contribution in [0.25, 0.3) is 0 Å². The number of nitrogens with zero attached hydrogens (tertiary/aromatic N) is 1. The van der Waals surface area contributed by atoms with Crippen LogP contribution in [-0.4, -0.2) is 41.1 Å². The molecule has 1 unspecified atom stereocenters. The smallest absolute Gasteiger partial charge is 0.317 e. The summed E-state index contributed by atoms with van der Waals surface area (Å²) in [4.78, 5) is 23.8. The van der Waals surface area contributed by atoms with Crippen LogP contribution in [0.3, 0.4) is 0 Å². The van der Waals surface area contributed by atoms with Crippen LogP contribution >= 0.6 is 0 Å². The summed E-state index contributed by atoms with van der Waals surface area (Å²) in [5.41, 5.74) is 0. The molecular weight excluding hydrogens is 220 g/mol. The van der Waals surface area contributed by atoms with E-state index in [-0.39, 0.29) is 18.0 Å². The number of unbranched alkanes of at least 4 members (excludes halogenated alkanes) is 2. The molecule has 5 heteroatoms. The van der Waals surface area contributed by atoms with Gasteiger partial charge >= 0.3 is 12.0 Å². The summed E-state index contributed by atoms with van der Waals surface area (Å²) in [6.45, 7) is 4.81. The minimum atomic E-state index is -0.815. The largest absolute Gasteiger partial charge is 0.481 e. The molecule has 1 atom stereocenters. The van der Waals surface area contributed by atoms with Gasteiger partial charge in [-0.1, -0.05) is 26.2 Å². The Morgan fingerprint density at radius 1 is 1.41 bits per heavy atom. The molecular formula is C12H22N2O3. The van der Waals surface area contributed by atoms with Gasteiger partial charge in [0.15, 0.2) is 0 Å². The van der Waals surface area contributed by atoms with Crippen molar-refractivity contribution in [2.24, 2.45) is 5.92 Å². The van der Waals surface area contributed by atoms with Crippen molar-refractivity contribution in [2.45, 2.75) is 45.6 Å². The minimum Gasteiger partial charge on any atom is -0.481 e. The number of carbonyl (C=O) groups excluding carboxylic acids is 1. The topological polar surface area (TPSA) is 69.6 Å². The van der Waals surface area contributed by atoms with Crippen LogP contribution in [0.4, 0.5) is 4.79 Å². The molecule has 0 aromatic carbocycles. The van der Waals surface area contributed by atoms with E-state index in [1.54, 1.807) is 4.90 Å². The van der Waals surface area contributed by atoms with Crippen molar-refractivity contribution >= 4 is 12.0 Å². The summed E-state index contributed by atoms with van der Waals surface area (Å²) in [5.74, 6) is -1.19. The fraction of sp³-hybridized carbons (Fsp3) is 0.833. The van der Waals surface area contributed by atoms with Gasteiger partial charge in [0.25, 0.3) is 0 Å². The summed E-state index contributed by atoms with van der Waals surface area (Å²) in [7, 11) is 0. The monoisotopic (exact) mass is 242 g/mol. The van der Waals surface area contributed by atoms with Crippen molar-refractivity contribution in [3.63, 3.8) is 0 Å². The number of nitrogens with one attached hydrogen (secondary N) is 1. The van der Waals surface area contributed by atoms with Crippen LogP contribution in [0.1, 0.15) is 39.5 Å². The van der Waals surface area contributed by atoms with Crippen LogP contribution in [0.2, 0.25) is 0 Å². The van der Waals surface area contributed by atoms with E-state index in [4.69, 9.17) is 5.11 Å². The molecule has 0 aromatic rings. The molecule has 1 aliphatic heterocycles. The highest BCUT2D eigenvalue weighted by Gasteiger charge is 2.35. The van der Waals surface area contributed by atoms with Gasteiger partial charge in [0.2, 0.25) is 0 Å². The quantitative estimate of drug-likeness (QED) is 0.696. The number of carboxylic acids is 1. The number of hydrogen-bond donors (Lipinski definition) is 2. The lowest BCUT2D eigenvalue weighted by atomic mass is 10.0. The first kappa shape index (κ1) is 13.8. The predicted molar refractivity (Wildman–Crippen MR) is 64.8 cm³/mol. The number of hydrogen-bond acceptors (Lipinski definition) is 2. The van der Waals surface area contributed by atoms with E-state index in [9.17, 15) is 9.59 Å². The van der Waals surface area contributed by atoms with Crippen LogP contribution in [0.5, 0.6) is 0 Å². The molecule has 0 saturated carbocycles. The first-order chi connectivity index (χ1) is 8.04. The van der Waals surface area contributed by atoms with Gasteiger partial charge in [-0.15, -0.1) is 0 Å². The molecule has 0 aromatic heterocycles. The van der Waals surface area contributed by atoms with Gasteiger partial charge in [-0.05, 0) is 13.3 Å². The molecule has 0 aliphatic carbocycles. The molecule has 0 spiro atoms. The third-order valence-corrected chi connectivity index (χ3v) is 3.13. The zero-order valence-corrected chi connectivity index (χ0v) is 10.6. The van der Waals surface area contributed by atoms with Crippen molar-refractivity contribution in [2.75, 3.05) is 13.1 Å². The molecule has 0 bridgehead atoms. The predicted octanol–water partition coefficient (Wildman–Crippen LogP) is 1.68. The van der Waals surface area contributed by atoms with Gasteiger partial charge in [0.05, 0.1) is 5.92 Å². The lowest BCUT2D eigenvalue weighted by molar-refractivity contribution is -0.146. The Morgan fingerprint density at radius 2 is 2.06 bits per heavy atom. The van der Waals surface area contributed by atoms with Crippen LogP contribution in [-0.2, 0) is 4.79 Å². The zero-order valence-electron chi connectivity index (χ0n) is 10.6. The molecule has 1 aliphatic rings. The summed E-state index contributed by atoms with van der Waals surface area (Å²) in [5, 5.41) is 11.6. The number of likely N-dealkylation sites (tertiary alicyclic amines) is 1. The fourth-order valence-electron chi connectivity index (χ4n) is 1.88. The van der Waals surface area contributed by atoms with Gasteiger partial charge in [0, 0.05) is 19.1 Å². The molecule has 17 heavy (non-hydrogen) atoms. The Hall–Kier alpha value is -1.26. The van der Waals surface area contributed by atoms with E-state index in [0.717, 1.165) is 12.8 Å². The first-order valence-electron chi connectivity index (χ1n) is 6.32. The van der Waals surface area contributed by atoms with Gasteiger partial charge < -0.3 is 15.3 Å². The van der Waals surface area contributed by atoms with E-state index in [0.29, 0.717) is 13.1 Å². The number of carbonyl (C=O) groups is 2. The maximum Gasteiger partial charge on any atom is 0.317 e. The van der Waals surface area contributed by atoms with Gasteiger partial charge in [-0.3, -0.25) is 4.79 Å². The second-order valence-electron chi connectivity index (χ2n) is 4.79. The van der Waals surface area contributed by atoms with Gasteiger partial charge in [0.1, 0.15) is 0 Å². The number of carboxylic acid groups (broad SMARTS) is 1. The van der Waals surface area contributed by atoms with E-state index in [1.807, 2.05) is 6.92 Å². The van der Waals surface area contributed by atoms with Crippen molar-refractivity contribution in [3.05, 3.63) is 0 Å². The molecule has 2 amide bonds. The Bertz CT molecular complexity index is 275. The third-order valence-electron chi connectivity index (χ3n) is 3.13. The third kappa shape index (κ3) is 4.24. The molecule has 2 N–H and O–H groups in total. The molecule has 0 radical (unpaired) electrons. The second kappa shape index (κ2) is 6.47. The van der Waals surface area contributed by atoms with Crippen LogP contribution in [0, 0.1) is 5.92 Å². The Kier molecular flexibility index (Phi) is 5.25. The van der Waals surface area contributed by atoms with Gasteiger partial charge in [-0.2, -0.15) is 0 Å². The molecule has 1 saturated heterocycles. The van der Waals surface area contributed by atoms with E-state index in [1.165, 1.54) is 12.8 Å². The number of rotatable bonds is 6. The van der Waals surface area contributed by atoms with Crippen LogP contribution < -0.4 is 5.32 Å². The maximum atomic E-state index is 11.7. The van der Waals surface area contributed by atoms with E-state index < -0.39 is 5.97 Å². The minimum absolute atomic E-state index is 0.133. The van der Waals surface area contributed by atoms with Crippen molar-refractivity contribution < 1.29 is 14.7 Å². The Labute approximate surface area is 102 Å². The normalized spacial score (nSPS) is 17.4. The van der Waals surface area contributed by atoms with Crippen molar-refractivity contribution in [1.82, 2.24) is 10.2 Å². The first-order valence-corrected chi connectivity index (χ1v) is 6.32. The van der Waals surface area contributed by atoms with Crippen molar-refractivity contribution in [3.8, 4) is 0 Å². The highest BCUT2D eigenvalue weighted by atomic mass is 16.4. The average Bonchev–Trinajstić information content (AvgIpc) is 2.14. The Balaban J connectivity index is 2.15. The van der Waals surface area contributed by atoms with Crippen molar-refractivity contribution in [1.29, 1.82) is 0 Å². The SMILES string of the molecule is CCCCCC(C)NC(=O)N1CC(C(=O)O)C1. The summed E-state index contributed by atoms with van der Waals surface area (Å²) < 4.78 is 0.